The summed E-state index contributed by atoms with van der Waals surface area (Å²) in [6.45, 7) is 0.379. The van der Waals surface area contributed by atoms with Gasteiger partial charge in [0.05, 0.1) is 27.8 Å². The Kier molecular flexibility index (Phi) is 8.64. The normalized spacial score (nSPS) is 15.6. The number of rotatable bonds is 9. The van der Waals surface area contributed by atoms with Crippen LogP contribution in [-0.4, -0.2) is 41.2 Å². The smallest absolute Gasteiger partial charge is 0.364 e. The molecular formula is C28H23ClF3N5O3S2. The fraction of sp³-hybridized carbons (Fsp3) is 0.179. The molecule has 1 aliphatic heterocycles. The van der Waals surface area contributed by atoms with Crippen molar-refractivity contribution in [2.24, 2.45) is 0 Å². The number of amides is 1. The maximum absolute atomic E-state index is 13.2. The zero-order chi connectivity index (χ0) is 29.9. The molecule has 0 fully saturated rings. The summed E-state index contributed by atoms with van der Waals surface area (Å²) in [4.78, 5) is 22.0. The van der Waals surface area contributed by atoms with E-state index < -0.39 is 33.7 Å². The third-order valence-electron chi connectivity index (χ3n) is 6.33. The number of carbonyl (C=O) groups is 1. The lowest BCUT2D eigenvalue weighted by Gasteiger charge is -2.22. The van der Waals surface area contributed by atoms with Crippen molar-refractivity contribution < 1.29 is 26.4 Å². The van der Waals surface area contributed by atoms with Crippen LogP contribution in [0.3, 0.4) is 0 Å². The van der Waals surface area contributed by atoms with E-state index in [2.05, 4.69) is 20.6 Å². The van der Waals surface area contributed by atoms with E-state index in [4.69, 9.17) is 11.6 Å². The Morgan fingerprint density at radius 1 is 1.07 bits per heavy atom. The maximum Gasteiger partial charge on any atom is 0.416 e. The number of sulfonamides is 1. The summed E-state index contributed by atoms with van der Waals surface area (Å²) in [7, 11) is -3.95. The fourth-order valence-corrected chi connectivity index (χ4v) is 7.37. The van der Waals surface area contributed by atoms with Crippen molar-refractivity contribution in [2.75, 3.05) is 11.9 Å². The molecule has 1 atom stereocenters. The molecule has 0 saturated carbocycles. The highest BCUT2D eigenvalue weighted by atomic mass is 35.5. The summed E-state index contributed by atoms with van der Waals surface area (Å²) in [6, 6.07) is 15.2. The largest absolute Gasteiger partial charge is 0.416 e. The number of anilines is 1. The molecule has 1 amide bonds. The summed E-state index contributed by atoms with van der Waals surface area (Å²) in [6.07, 6.45) is 0.297. The Morgan fingerprint density at radius 3 is 2.52 bits per heavy atom. The number of thiophene rings is 1. The van der Waals surface area contributed by atoms with Crippen LogP contribution in [0.4, 0.5) is 19.0 Å². The minimum Gasteiger partial charge on any atom is -0.364 e. The molecule has 0 aliphatic carbocycles. The molecule has 5 rings (SSSR count). The highest BCUT2D eigenvalue weighted by Gasteiger charge is 2.37. The van der Waals surface area contributed by atoms with Gasteiger partial charge in [-0.1, -0.05) is 42.0 Å². The van der Waals surface area contributed by atoms with Gasteiger partial charge in [-0.25, -0.2) is 13.4 Å². The van der Waals surface area contributed by atoms with E-state index in [0.29, 0.717) is 33.5 Å². The fourth-order valence-electron chi connectivity index (χ4n) is 4.26. The molecule has 4 aromatic rings. The molecule has 14 heteroatoms. The van der Waals surface area contributed by atoms with E-state index in [0.717, 1.165) is 33.5 Å². The highest BCUT2D eigenvalue weighted by molar-refractivity contribution is 7.91. The summed E-state index contributed by atoms with van der Waals surface area (Å²) in [5.74, 6) is -0.118. The van der Waals surface area contributed by atoms with Crippen molar-refractivity contribution in [2.45, 2.75) is 29.5 Å². The Balaban J connectivity index is 1.36. The van der Waals surface area contributed by atoms with Gasteiger partial charge >= 0.3 is 6.18 Å². The summed E-state index contributed by atoms with van der Waals surface area (Å²) >= 11 is 6.83. The third-order valence-corrected chi connectivity index (χ3v) is 9.88. The summed E-state index contributed by atoms with van der Waals surface area (Å²) in [5, 5.41) is 5.94. The van der Waals surface area contributed by atoms with Gasteiger partial charge in [0.1, 0.15) is 16.1 Å². The van der Waals surface area contributed by atoms with E-state index in [1.54, 1.807) is 30.5 Å². The van der Waals surface area contributed by atoms with Crippen LogP contribution in [0.2, 0.25) is 4.34 Å². The maximum atomic E-state index is 13.2. The van der Waals surface area contributed by atoms with Crippen LogP contribution in [0.15, 0.2) is 89.3 Å². The molecule has 218 valence electrons. The molecule has 4 heterocycles. The molecule has 0 unspecified atom stereocenters. The standard InChI is InChI=1S/C28H23ClF3N5O3S2/c29-24-10-11-26(41-24)42(39,40)37-13-3-5-23(37)27(38)35-16-18-14-22(19-6-8-20(9-7-19)28(30,31)32)36-25(15-18)34-17-21-4-1-2-12-33-21/h1-12,14-15,23H,13,16-17H2,(H,34,36)(H,35,38)/t23-/m0/s1. The average molecular weight is 634 g/mol. The number of pyridine rings is 2. The number of carbonyl (C=O) groups excluding carboxylic acids is 1. The minimum atomic E-state index is -4.47. The molecule has 8 nitrogen and oxygen atoms in total. The molecule has 0 spiro atoms. The molecule has 1 aromatic carbocycles. The Bertz CT molecular complexity index is 1710. The van der Waals surface area contributed by atoms with Crippen LogP contribution in [0, 0.1) is 0 Å². The molecule has 42 heavy (non-hydrogen) atoms. The SMILES string of the molecule is O=C(NCc1cc(NCc2ccccn2)nc(-c2ccc(C(F)(F)F)cc2)c1)[C@@H]1C=CCN1S(=O)(=O)c1ccc(Cl)s1. The lowest BCUT2D eigenvalue weighted by Crippen LogP contribution is -2.45. The van der Waals surface area contributed by atoms with Crippen LogP contribution in [0.25, 0.3) is 11.3 Å². The summed E-state index contributed by atoms with van der Waals surface area (Å²) in [5.41, 5.74) is 1.40. The predicted molar refractivity (Wildman–Crippen MR) is 154 cm³/mol. The lowest BCUT2D eigenvalue weighted by molar-refractivity contribution is -0.137. The molecule has 2 N–H and O–H groups in total. The number of nitrogens with one attached hydrogen (secondary N) is 2. The van der Waals surface area contributed by atoms with Crippen molar-refractivity contribution in [3.05, 3.63) is 106 Å². The van der Waals surface area contributed by atoms with Crippen molar-refractivity contribution >= 4 is 44.7 Å². The predicted octanol–water partition coefficient (Wildman–Crippen LogP) is 5.73. The van der Waals surface area contributed by atoms with Gasteiger partial charge < -0.3 is 10.6 Å². The minimum absolute atomic E-state index is 0.0102. The van der Waals surface area contributed by atoms with Crippen molar-refractivity contribution in [3.63, 3.8) is 0 Å². The Hall–Kier alpha value is -3.78. The quantitative estimate of drug-likeness (QED) is 0.228. The second-order valence-corrected chi connectivity index (χ2v) is 13.1. The van der Waals surface area contributed by atoms with Crippen molar-refractivity contribution in [1.29, 1.82) is 0 Å². The first-order valence-corrected chi connectivity index (χ1v) is 15.2. The second kappa shape index (κ2) is 12.2. The number of hydrogen-bond donors (Lipinski definition) is 2. The van der Waals surface area contributed by atoms with Gasteiger partial charge in [0.15, 0.2) is 0 Å². The first-order valence-electron chi connectivity index (χ1n) is 12.5. The van der Waals surface area contributed by atoms with Gasteiger partial charge in [0, 0.05) is 24.8 Å². The van der Waals surface area contributed by atoms with Gasteiger partial charge in [0.25, 0.3) is 10.0 Å². The van der Waals surface area contributed by atoms with Gasteiger partial charge in [-0.2, -0.15) is 17.5 Å². The molecule has 1 aliphatic rings. The van der Waals surface area contributed by atoms with E-state index in [1.807, 2.05) is 12.1 Å². The van der Waals surface area contributed by atoms with Crippen molar-refractivity contribution in [3.8, 4) is 11.3 Å². The van der Waals surface area contributed by atoms with E-state index in [9.17, 15) is 26.4 Å². The molecular weight excluding hydrogens is 611 g/mol. The number of halogens is 4. The Labute approximate surface area is 248 Å². The molecule has 0 bridgehead atoms. The molecule has 0 radical (unpaired) electrons. The van der Waals surface area contributed by atoms with Crippen molar-refractivity contribution in [1.82, 2.24) is 19.6 Å². The lowest BCUT2D eigenvalue weighted by atomic mass is 10.1. The van der Waals surface area contributed by atoms with Gasteiger partial charge in [-0.05, 0) is 54.1 Å². The number of hydrogen-bond acceptors (Lipinski definition) is 7. The van der Waals surface area contributed by atoms with Gasteiger partial charge in [-0.3, -0.25) is 9.78 Å². The van der Waals surface area contributed by atoms with Gasteiger partial charge in [-0.15, -0.1) is 11.3 Å². The van der Waals surface area contributed by atoms with E-state index >= 15 is 0 Å². The first kappa shape index (κ1) is 29.7. The van der Waals surface area contributed by atoms with Gasteiger partial charge in [0.2, 0.25) is 5.91 Å². The second-order valence-electron chi connectivity index (χ2n) is 9.22. The number of benzene rings is 1. The molecule has 0 saturated heterocycles. The number of aromatic nitrogens is 2. The van der Waals surface area contributed by atoms with Crippen LogP contribution in [0.5, 0.6) is 0 Å². The van der Waals surface area contributed by atoms with Crippen LogP contribution < -0.4 is 10.6 Å². The van der Waals surface area contributed by atoms with E-state index in [-0.39, 0.29) is 17.3 Å². The summed E-state index contributed by atoms with van der Waals surface area (Å²) < 4.78 is 67.0. The zero-order valence-electron chi connectivity index (χ0n) is 21.7. The number of nitrogens with zero attached hydrogens (tertiary/aromatic N) is 3. The zero-order valence-corrected chi connectivity index (χ0v) is 24.1. The Morgan fingerprint density at radius 2 is 1.86 bits per heavy atom. The number of alkyl halides is 3. The monoisotopic (exact) mass is 633 g/mol. The van der Waals surface area contributed by atoms with Crippen LogP contribution >= 0.6 is 22.9 Å². The third kappa shape index (κ3) is 6.81. The topological polar surface area (TPSA) is 104 Å². The highest BCUT2D eigenvalue weighted by Crippen LogP contribution is 2.32. The first-order chi connectivity index (χ1) is 20.0. The van der Waals surface area contributed by atoms with Crippen LogP contribution in [-0.2, 0) is 34.1 Å². The van der Waals surface area contributed by atoms with Crippen LogP contribution in [0.1, 0.15) is 16.8 Å². The van der Waals surface area contributed by atoms with E-state index in [1.165, 1.54) is 30.3 Å². The molecule has 3 aromatic heterocycles. The average Bonchev–Trinajstić information content (AvgIpc) is 3.65.